The molecule has 1 unspecified atom stereocenters. The second kappa shape index (κ2) is 9.64. The highest BCUT2D eigenvalue weighted by atomic mass is 28.3. The van der Waals surface area contributed by atoms with Crippen LogP contribution < -0.4 is 5.73 Å². The Kier molecular flexibility index (Phi) is 9.71. The van der Waals surface area contributed by atoms with E-state index >= 15 is 0 Å². The van der Waals surface area contributed by atoms with E-state index in [2.05, 4.69) is 6.92 Å². The lowest BCUT2D eigenvalue weighted by Crippen LogP contribution is -2.42. The van der Waals surface area contributed by atoms with E-state index in [1.165, 1.54) is 32.1 Å². The number of rotatable bonds is 9. The first-order chi connectivity index (χ1) is 6.76. The molecule has 0 spiro atoms. The van der Waals surface area contributed by atoms with Gasteiger partial charge in [0.15, 0.2) is 0 Å². The maximum atomic E-state index is 5.97. The summed E-state index contributed by atoms with van der Waals surface area (Å²) in [6, 6.07) is 0. The number of hydrogen-bond acceptors (Lipinski definition) is 3. The molecule has 2 N–H and O–H groups in total. The number of hydrogen-bond donors (Lipinski definition) is 1. The lowest BCUT2D eigenvalue weighted by Gasteiger charge is -2.18. The molecule has 0 bridgehead atoms. The van der Waals surface area contributed by atoms with E-state index in [1.807, 2.05) is 0 Å². The van der Waals surface area contributed by atoms with Gasteiger partial charge in [-0.25, -0.2) is 0 Å². The Morgan fingerprint density at radius 2 is 1.64 bits per heavy atom. The molecular formula is C10H25NO2Si. The van der Waals surface area contributed by atoms with Crippen LogP contribution in [0.5, 0.6) is 0 Å². The van der Waals surface area contributed by atoms with Gasteiger partial charge in [-0.15, -0.1) is 0 Å². The highest BCUT2D eigenvalue weighted by molar-refractivity contribution is 6.46. The molecule has 0 aliphatic heterocycles. The zero-order chi connectivity index (χ0) is 10.8. The summed E-state index contributed by atoms with van der Waals surface area (Å²) in [5.74, 6) is 0. The molecular weight excluding hydrogens is 194 g/mol. The summed E-state index contributed by atoms with van der Waals surface area (Å²) < 4.78 is 10.5. The molecule has 4 heteroatoms. The zero-order valence-corrected chi connectivity index (χ0v) is 10.9. The minimum absolute atomic E-state index is 0.145. The Morgan fingerprint density at radius 3 is 2.14 bits per heavy atom. The van der Waals surface area contributed by atoms with Gasteiger partial charge in [-0.1, -0.05) is 39.0 Å². The lowest BCUT2D eigenvalue weighted by molar-refractivity contribution is 0.263. The molecule has 0 aliphatic rings. The van der Waals surface area contributed by atoms with E-state index in [1.54, 1.807) is 14.2 Å². The van der Waals surface area contributed by atoms with Crippen LogP contribution in [0.3, 0.4) is 0 Å². The van der Waals surface area contributed by atoms with Gasteiger partial charge in [-0.05, 0) is 6.42 Å². The van der Waals surface area contributed by atoms with E-state index in [4.69, 9.17) is 14.6 Å². The van der Waals surface area contributed by atoms with Crippen LogP contribution in [0.2, 0.25) is 0 Å². The molecule has 0 aliphatic carbocycles. The minimum atomic E-state index is -1.57. The Balaban J connectivity index is 3.37. The molecule has 0 aromatic carbocycles. The SMILES string of the molecule is CCCCCCCC(N)[SiH](OC)OC. The van der Waals surface area contributed by atoms with Crippen LogP contribution >= 0.6 is 0 Å². The first kappa shape index (κ1) is 14.1. The lowest BCUT2D eigenvalue weighted by atomic mass is 10.1. The summed E-state index contributed by atoms with van der Waals surface area (Å²) >= 11 is 0. The average molecular weight is 219 g/mol. The predicted molar refractivity (Wildman–Crippen MR) is 62.5 cm³/mol. The van der Waals surface area contributed by atoms with Gasteiger partial charge in [-0.2, -0.15) is 0 Å². The van der Waals surface area contributed by atoms with Crippen molar-refractivity contribution >= 4 is 9.28 Å². The van der Waals surface area contributed by atoms with Crippen LogP contribution in [-0.4, -0.2) is 29.2 Å². The maximum absolute atomic E-state index is 5.97. The first-order valence-corrected chi connectivity index (χ1v) is 7.18. The van der Waals surface area contributed by atoms with Gasteiger partial charge in [0.2, 0.25) is 0 Å². The van der Waals surface area contributed by atoms with Crippen LogP contribution in [-0.2, 0) is 8.85 Å². The van der Waals surface area contributed by atoms with Crippen molar-refractivity contribution in [1.29, 1.82) is 0 Å². The molecule has 0 rings (SSSR count). The second-order valence-corrected chi connectivity index (χ2v) is 6.24. The van der Waals surface area contributed by atoms with Crippen molar-refractivity contribution in [2.24, 2.45) is 5.73 Å². The van der Waals surface area contributed by atoms with E-state index in [0.29, 0.717) is 0 Å². The molecule has 14 heavy (non-hydrogen) atoms. The number of nitrogens with two attached hydrogens (primary N) is 1. The molecule has 0 heterocycles. The molecule has 86 valence electrons. The molecule has 0 fully saturated rings. The Labute approximate surface area is 89.8 Å². The smallest absolute Gasteiger partial charge is 0.338 e. The van der Waals surface area contributed by atoms with Crippen molar-refractivity contribution in [1.82, 2.24) is 0 Å². The molecule has 0 aromatic heterocycles. The normalized spacial score (nSPS) is 13.5. The van der Waals surface area contributed by atoms with E-state index < -0.39 is 9.28 Å². The Hall–Kier alpha value is 0.0969. The van der Waals surface area contributed by atoms with Crippen molar-refractivity contribution in [2.75, 3.05) is 14.2 Å². The molecule has 0 saturated carbocycles. The third-order valence-corrected chi connectivity index (χ3v) is 4.42. The van der Waals surface area contributed by atoms with E-state index in [9.17, 15) is 0 Å². The van der Waals surface area contributed by atoms with Gasteiger partial charge in [0.05, 0.1) is 0 Å². The molecule has 3 nitrogen and oxygen atoms in total. The fourth-order valence-electron chi connectivity index (χ4n) is 1.57. The van der Waals surface area contributed by atoms with Crippen molar-refractivity contribution in [2.45, 2.75) is 51.1 Å². The molecule has 0 radical (unpaired) electrons. The third-order valence-electron chi connectivity index (χ3n) is 2.46. The van der Waals surface area contributed by atoms with Gasteiger partial charge in [-0.3, -0.25) is 0 Å². The topological polar surface area (TPSA) is 44.5 Å². The van der Waals surface area contributed by atoms with E-state index in [-0.39, 0.29) is 5.67 Å². The largest absolute Gasteiger partial charge is 0.399 e. The summed E-state index contributed by atoms with van der Waals surface area (Å²) in [6.07, 6.45) is 7.50. The fourth-order valence-corrected chi connectivity index (χ4v) is 2.96. The van der Waals surface area contributed by atoms with Crippen LogP contribution in [0, 0.1) is 0 Å². The summed E-state index contributed by atoms with van der Waals surface area (Å²) in [5.41, 5.74) is 6.11. The predicted octanol–water partition coefficient (Wildman–Crippen LogP) is 1.73. The molecule has 0 aromatic rings. The number of unbranched alkanes of at least 4 members (excludes halogenated alkanes) is 4. The van der Waals surface area contributed by atoms with Crippen molar-refractivity contribution in [3.8, 4) is 0 Å². The zero-order valence-electron chi connectivity index (χ0n) is 9.79. The van der Waals surface area contributed by atoms with Gasteiger partial charge in [0, 0.05) is 19.9 Å². The molecule has 0 saturated heterocycles. The van der Waals surface area contributed by atoms with Crippen molar-refractivity contribution in [3.63, 3.8) is 0 Å². The Bertz CT molecular complexity index is 121. The van der Waals surface area contributed by atoms with Crippen LogP contribution in [0.25, 0.3) is 0 Å². The van der Waals surface area contributed by atoms with Crippen molar-refractivity contribution in [3.05, 3.63) is 0 Å². The van der Waals surface area contributed by atoms with Crippen LogP contribution in [0.15, 0.2) is 0 Å². The second-order valence-electron chi connectivity index (χ2n) is 3.71. The monoisotopic (exact) mass is 219 g/mol. The quantitative estimate of drug-likeness (QED) is 0.474. The molecule has 1 atom stereocenters. The minimum Gasteiger partial charge on any atom is -0.399 e. The van der Waals surface area contributed by atoms with Gasteiger partial charge >= 0.3 is 9.28 Å². The van der Waals surface area contributed by atoms with Crippen LogP contribution in [0.1, 0.15) is 45.4 Å². The van der Waals surface area contributed by atoms with Crippen molar-refractivity contribution < 1.29 is 8.85 Å². The highest BCUT2D eigenvalue weighted by Gasteiger charge is 2.19. The molecule has 0 amide bonds. The average Bonchev–Trinajstić information content (AvgIpc) is 2.19. The first-order valence-electron chi connectivity index (χ1n) is 5.57. The third kappa shape index (κ3) is 6.54. The summed E-state index contributed by atoms with van der Waals surface area (Å²) in [4.78, 5) is 0. The summed E-state index contributed by atoms with van der Waals surface area (Å²) in [5, 5.41) is 0. The highest BCUT2D eigenvalue weighted by Crippen LogP contribution is 2.08. The maximum Gasteiger partial charge on any atom is 0.338 e. The fraction of sp³-hybridized carbons (Fsp3) is 1.00. The summed E-state index contributed by atoms with van der Waals surface area (Å²) in [7, 11) is 1.82. The standard InChI is InChI=1S/C10H25NO2Si/c1-4-5-6-7-8-9-10(11)14(12-2)13-3/h10,14H,4-9,11H2,1-3H3. The van der Waals surface area contributed by atoms with Gasteiger partial charge in [0.25, 0.3) is 0 Å². The summed E-state index contributed by atoms with van der Waals surface area (Å²) in [6.45, 7) is 2.23. The Morgan fingerprint density at radius 1 is 1.07 bits per heavy atom. The van der Waals surface area contributed by atoms with Crippen LogP contribution in [0.4, 0.5) is 0 Å². The van der Waals surface area contributed by atoms with E-state index in [0.717, 1.165) is 6.42 Å². The van der Waals surface area contributed by atoms with Gasteiger partial charge in [0.1, 0.15) is 0 Å². The van der Waals surface area contributed by atoms with Gasteiger partial charge < -0.3 is 14.6 Å².